The summed E-state index contributed by atoms with van der Waals surface area (Å²) in [4.78, 5) is 25.6. The van der Waals surface area contributed by atoms with Crippen molar-refractivity contribution < 1.29 is 14.1 Å². The van der Waals surface area contributed by atoms with Gasteiger partial charge in [-0.3, -0.25) is 14.9 Å². The summed E-state index contributed by atoms with van der Waals surface area (Å²) < 4.78 is 5.44. The second-order valence-electron chi connectivity index (χ2n) is 5.76. The lowest BCUT2D eigenvalue weighted by molar-refractivity contribution is -0.384. The van der Waals surface area contributed by atoms with Gasteiger partial charge in [-0.15, -0.1) is 11.8 Å². The molecule has 7 heteroatoms. The summed E-state index contributed by atoms with van der Waals surface area (Å²) in [5.74, 6) is 1.15. The van der Waals surface area contributed by atoms with Gasteiger partial charge < -0.3 is 9.32 Å². The summed E-state index contributed by atoms with van der Waals surface area (Å²) in [5.41, 5.74) is 0.0525. The van der Waals surface area contributed by atoms with Crippen molar-refractivity contribution in [2.75, 3.05) is 5.75 Å². The number of amides is 1. The Labute approximate surface area is 144 Å². The van der Waals surface area contributed by atoms with E-state index in [-0.39, 0.29) is 23.7 Å². The Balaban J connectivity index is 1.63. The zero-order valence-corrected chi connectivity index (χ0v) is 14.1. The highest BCUT2D eigenvalue weighted by molar-refractivity contribution is 8.00. The Morgan fingerprint density at radius 2 is 2.08 bits per heavy atom. The molecule has 0 radical (unpaired) electrons. The summed E-state index contributed by atoms with van der Waals surface area (Å²) in [6, 6.07) is 10.2. The van der Waals surface area contributed by atoms with Crippen LogP contribution in [-0.2, 0) is 4.79 Å². The number of thioether (sulfide) groups is 1. The molecule has 1 aliphatic carbocycles. The molecule has 1 heterocycles. The van der Waals surface area contributed by atoms with Crippen molar-refractivity contribution in [2.45, 2.75) is 36.7 Å². The van der Waals surface area contributed by atoms with E-state index in [0.717, 1.165) is 23.5 Å². The van der Waals surface area contributed by atoms with Crippen LogP contribution in [0.5, 0.6) is 0 Å². The first-order valence-electron chi connectivity index (χ1n) is 7.78. The van der Waals surface area contributed by atoms with Crippen LogP contribution < -0.4 is 0 Å². The molecular formula is C17H18N2O4S. The number of furan rings is 1. The van der Waals surface area contributed by atoms with Gasteiger partial charge in [0.2, 0.25) is 5.91 Å². The van der Waals surface area contributed by atoms with E-state index in [2.05, 4.69) is 0 Å². The second kappa shape index (κ2) is 7.09. The highest BCUT2D eigenvalue weighted by atomic mass is 32.2. The van der Waals surface area contributed by atoms with Gasteiger partial charge in [-0.05, 0) is 44.0 Å². The quantitative estimate of drug-likeness (QED) is 0.430. The normalized spacial score (nSPS) is 15.0. The van der Waals surface area contributed by atoms with Crippen LogP contribution in [0.3, 0.4) is 0 Å². The summed E-state index contributed by atoms with van der Waals surface area (Å²) >= 11 is 1.39. The average molecular weight is 346 g/mol. The lowest BCUT2D eigenvalue weighted by Crippen LogP contribution is -2.36. The SMILES string of the molecule is CC(c1ccco1)N(C(=O)CSc1ccc([N+](=O)[O-])cc1)C1CC1. The minimum atomic E-state index is -0.431. The largest absolute Gasteiger partial charge is 0.467 e. The number of nitrogens with zero attached hydrogens (tertiary/aromatic N) is 2. The number of non-ortho nitro benzene ring substituents is 1. The first-order valence-corrected chi connectivity index (χ1v) is 8.76. The fraction of sp³-hybridized carbons (Fsp3) is 0.353. The third kappa shape index (κ3) is 3.79. The Morgan fingerprint density at radius 3 is 2.62 bits per heavy atom. The molecular weight excluding hydrogens is 328 g/mol. The minimum absolute atomic E-state index is 0.0525. The molecule has 24 heavy (non-hydrogen) atoms. The average Bonchev–Trinajstić information content (AvgIpc) is 3.25. The number of rotatable bonds is 7. The van der Waals surface area contributed by atoms with Crippen molar-refractivity contribution in [3.8, 4) is 0 Å². The van der Waals surface area contributed by atoms with Gasteiger partial charge in [-0.2, -0.15) is 0 Å². The highest BCUT2D eigenvalue weighted by Crippen LogP contribution is 2.35. The second-order valence-corrected chi connectivity index (χ2v) is 6.81. The van der Waals surface area contributed by atoms with Crippen LogP contribution in [0.15, 0.2) is 52.0 Å². The fourth-order valence-electron chi connectivity index (χ4n) is 2.64. The molecule has 1 amide bonds. The number of carbonyl (C=O) groups is 1. The number of hydrogen-bond donors (Lipinski definition) is 0. The number of nitro groups is 1. The van der Waals surface area contributed by atoms with E-state index in [1.54, 1.807) is 18.4 Å². The van der Waals surface area contributed by atoms with E-state index in [1.165, 1.54) is 23.9 Å². The lowest BCUT2D eigenvalue weighted by atomic mass is 10.2. The van der Waals surface area contributed by atoms with E-state index in [9.17, 15) is 14.9 Å². The van der Waals surface area contributed by atoms with E-state index >= 15 is 0 Å². The monoisotopic (exact) mass is 346 g/mol. The van der Waals surface area contributed by atoms with E-state index in [4.69, 9.17) is 4.42 Å². The number of carbonyl (C=O) groups excluding carboxylic acids is 1. The van der Waals surface area contributed by atoms with Crippen LogP contribution in [-0.4, -0.2) is 27.5 Å². The van der Waals surface area contributed by atoms with Crippen molar-refractivity contribution in [2.24, 2.45) is 0 Å². The predicted octanol–water partition coefficient (Wildman–Crippen LogP) is 4.03. The molecule has 0 spiro atoms. The molecule has 3 rings (SSSR count). The third-order valence-corrected chi connectivity index (χ3v) is 5.01. The zero-order chi connectivity index (χ0) is 17.1. The molecule has 1 atom stereocenters. The van der Waals surface area contributed by atoms with E-state index in [1.807, 2.05) is 24.0 Å². The summed E-state index contributed by atoms with van der Waals surface area (Å²) in [5, 5.41) is 10.7. The molecule has 1 unspecified atom stereocenters. The van der Waals surface area contributed by atoms with Crippen molar-refractivity contribution in [3.05, 3.63) is 58.5 Å². The summed E-state index contributed by atoms with van der Waals surface area (Å²) in [7, 11) is 0. The molecule has 0 aliphatic heterocycles. The maximum absolute atomic E-state index is 12.7. The lowest BCUT2D eigenvalue weighted by Gasteiger charge is -2.28. The van der Waals surface area contributed by atoms with Gasteiger partial charge in [0.25, 0.3) is 5.69 Å². The highest BCUT2D eigenvalue weighted by Gasteiger charge is 2.36. The summed E-state index contributed by atoms with van der Waals surface area (Å²) in [6.07, 6.45) is 3.67. The van der Waals surface area contributed by atoms with Gasteiger partial charge in [-0.25, -0.2) is 0 Å². The molecule has 1 aromatic carbocycles. The number of hydrogen-bond acceptors (Lipinski definition) is 5. The van der Waals surface area contributed by atoms with Crippen molar-refractivity contribution in [3.63, 3.8) is 0 Å². The van der Waals surface area contributed by atoms with Crippen molar-refractivity contribution >= 4 is 23.4 Å². The van der Waals surface area contributed by atoms with Gasteiger partial charge >= 0.3 is 0 Å². The van der Waals surface area contributed by atoms with Crippen LogP contribution in [0.4, 0.5) is 5.69 Å². The molecule has 1 saturated carbocycles. The maximum Gasteiger partial charge on any atom is 0.269 e. The van der Waals surface area contributed by atoms with Crippen LogP contribution in [0.2, 0.25) is 0 Å². The molecule has 1 aromatic heterocycles. The molecule has 0 N–H and O–H groups in total. The zero-order valence-electron chi connectivity index (χ0n) is 13.3. The van der Waals surface area contributed by atoms with Gasteiger partial charge in [0.05, 0.1) is 23.0 Å². The standard InChI is InChI=1S/C17H18N2O4S/c1-12(16-3-2-10-23-16)18(13-4-5-13)17(20)11-24-15-8-6-14(7-9-15)19(21)22/h2-3,6-10,12-13H,4-5,11H2,1H3. The smallest absolute Gasteiger partial charge is 0.269 e. The first-order chi connectivity index (χ1) is 11.6. The first kappa shape index (κ1) is 16.6. The molecule has 0 saturated heterocycles. The van der Waals surface area contributed by atoms with Gasteiger partial charge in [0, 0.05) is 23.1 Å². The van der Waals surface area contributed by atoms with Crippen LogP contribution in [0.25, 0.3) is 0 Å². The van der Waals surface area contributed by atoms with Crippen LogP contribution in [0.1, 0.15) is 31.6 Å². The van der Waals surface area contributed by atoms with Crippen LogP contribution >= 0.6 is 11.8 Å². The molecule has 1 fully saturated rings. The van der Waals surface area contributed by atoms with Gasteiger partial charge in [0.1, 0.15) is 5.76 Å². The minimum Gasteiger partial charge on any atom is -0.467 e. The topological polar surface area (TPSA) is 76.6 Å². The van der Waals surface area contributed by atoms with Crippen molar-refractivity contribution in [1.29, 1.82) is 0 Å². The summed E-state index contributed by atoms with van der Waals surface area (Å²) in [6.45, 7) is 1.98. The van der Waals surface area contributed by atoms with Crippen molar-refractivity contribution in [1.82, 2.24) is 4.90 Å². The number of nitro benzene ring substituents is 1. The molecule has 126 valence electrons. The van der Waals surface area contributed by atoms with Gasteiger partial charge in [0.15, 0.2) is 0 Å². The van der Waals surface area contributed by atoms with Gasteiger partial charge in [-0.1, -0.05) is 0 Å². The Bertz CT molecular complexity index is 711. The molecule has 0 bridgehead atoms. The Kier molecular flexibility index (Phi) is 4.89. The number of benzene rings is 1. The predicted molar refractivity (Wildman–Crippen MR) is 90.8 cm³/mol. The Morgan fingerprint density at radius 1 is 1.38 bits per heavy atom. The molecule has 6 nitrogen and oxygen atoms in total. The molecule has 2 aromatic rings. The fourth-order valence-corrected chi connectivity index (χ4v) is 3.41. The maximum atomic E-state index is 12.7. The molecule has 1 aliphatic rings. The van der Waals surface area contributed by atoms with E-state index < -0.39 is 4.92 Å². The van der Waals surface area contributed by atoms with E-state index in [0.29, 0.717) is 5.75 Å². The third-order valence-electron chi connectivity index (χ3n) is 4.01. The Hall–Kier alpha value is -2.28. The van der Waals surface area contributed by atoms with Crippen LogP contribution in [0, 0.1) is 10.1 Å².